The van der Waals surface area contributed by atoms with E-state index in [1.54, 1.807) is 6.20 Å². The highest BCUT2D eigenvalue weighted by Crippen LogP contribution is 2.34. The van der Waals surface area contributed by atoms with Gasteiger partial charge in [0.25, 0.3) is 0 Å². The summed E-state index contributed by atoms with van der Waals surface area (Å²) in [4.78, 5) is 4.06. The lowest BCUT2D eigenvalue weighted by molar-refractivity contribution is 0.0787. The van der Waals surface area contributed by atoms with E-state index in [9.17, 15) is 5.11 Å². The minimum atomic E-state index is -0.0986. The molecule has 1 saturated carbocycles. The van der Waals surface area contributed by atoms with Crippen LogP contribution in [-0.4, -0.2) is 22.2 Å². The van der Waals surface area contributed by atoms with E-state index in [4.69, 9.17) is 11.6 Å². The summed E-state index contributed by atoms with van der Waals surface area (Å²) >= 11 is 6.04. The zero-order chi connectivity index (χ0) is 11.6. The Bertz CT molecular complexity index is 360. The first-order valence-corrected chi connectivity index (χ1v) is 6.04. The topological polar surface area (TPSA) is 45.1 Å². The van der Waals surface area contributed by atoms with Gasteiger partial charge in [-0.2, -0.15) is 0 Å². The van der Waals surface area contributed by atoms with Crippen molar-refractivity contribution in [2.75, 3.05) is 6.61 Å². The Kier molecular flexibility index (Phi) is 3.47. The zero-order valence-corrected chi connectivity index (χ0v) is 10.2. The summed E-state index contributed by atoms with van der Waals surface area (Å²) < 4.78 is 0. The van der Waals surface area contributed by atoms with Gasteiger partial charge in [0.1, 0.15) is 5.15 Å². The Morgan fingerprint density at radius 3 is 2.88 bits per heavy atom. The van der Waals surface area contributed by atoms with Gasteiger partial charge in [-0.15, -0.1) is 0 Å². The normalized spacial score (nSPS) is 20.2. The first kappa shape index (κ1) is 11.8. The van der Waals surface area contributed by atoms with Crippen LogP contribution in [0.25, 0.3) is 0 Å². The Hall–Kier alpha value is -0.640. The van der Waals surface area contributed by atoms with Crippen molar-refractivity contribution in [1.29, 1.82) is 0 Å². The highest BCUT2D eigenvalue weighted by atomic mass is 35.5. The molecule has 0 radical (unpaired) electrons. The number of halogens is 1. The fourth-order valence-electron chi connectivity index (χ4n) is 2.21. The smallest absolute Gasteiger partial charge is 0.133 e. The standard InChI is InChI=1S/C12H17ClN2O/c1-9(10-4-2-7-14-11(10)13)15-12(8-16)5-3-6-12/h2,4,7,9,15-16H,3,5-6,8H2,1H3. The molecule has 1 atom stereocenters. The monoisotopic (exact) mass is 240 g/mol. The van der Waals surface area contributed by atoms with E-state index in [2.05, 4.69) is 17.2 Å². The van der Waals surface area contributed by atoms with Crippen LogP contribution < -0.4 is 5.32 Å². The molecule has 1 aromatic heterocycles. The van der Waals surface area contributed by atoms with Gasteiger partial charge in [0.05, 0.1) is 6.61 Å². The Labute approximate surface area is 101 Å². The van der Waals surface area contributed by atoms with Crippen molar-refractivity contribution in [2.24, 2.45) is 0 Å². The molecule has 0 aromatic carbocycles. The molecule has 1 aromatic rings. The molecule has 0 aliphatic heterocycles. The number of nitrogens with one attached hydrogen (secondary N) is 1. The summed E-state index contributed by atoms with van der Waals surface area (Å²) in [5.74, 6) is 0. The molecule has 1 fully saturated rings. The summed E-state index contributed by atoms with van der Waals surface area (Å²) in [7, 11) is 0. The summed E-state index contributed by atoms with van der Waals surface area (Å²) in [6.45, 7) is 2.24. The number of hydrogen-bond acceptors (Lipinski definition) is 3. The highest BCUT2D eigenvalue weighted by Gasteiger charge is 2.37. The van der Waals surface area contributed by atoms with Crippen molar-refractivity contribution in [1.82, 2.24) is 10.3 Å². The Morgan fingerprint density at radius 1 is 1.62 bits per heavy atom. The fourth-order valence-corrected chi connectivity index (χ4v) is 2.49. The zero-order valence-electron chi connectivity index (χ0n) is 9.41. The summed E-state index contributed by atoms with van der Waals surface area (Å²) in [6.07, 6.45) is 4.93. The molecule has 4 heteroatoms. The number of hydrogen-bond donors (Lipinski definition) is 2. The molecule has 2 N–H and O–H groups in total. The first-order valence-electron chi connectivity index (χ1n) is 5.66. The van der Waals surface area contributed by atoms with Gasteiger partial charge in [-0.3, -0.25) is 0 Å². The molecule has 2 rings (SSSR count). The Morgan fingerprint density at radius 2 is 2.38 bits per heavy atom. The molecule has 0 bridgehead atoms. The molecule has 3 nitrogen and oxygen atoms in total. The second-order valence-corrected chi connectivity index (χ2v) is 4.90. The van der Waals surface area contributed by atoms with Crippen LogP contribution in [0.4, 0.5) is 0 Å². The largest absolute Gasteiger partial charge is 0.394 e. The van der Waals surface area contributed by atoms with Crippen molar-refractivity contribution in [3.63, 3.8) is 0 Å². The van der Waals surface area contributed by atoms with Crippen molar-refractivity contribution in [3.05, 3.63) is 29.0 Å². The molecular weight excluding hydrogens is 224 g/mol. The third kappa shape index (κ3) is 2.21. The third-order valence-corrected chi connectivity index (χ3v) is 3.71. The molecule has 0 amide bonds. The van der Waals surface area contributed by atoms with Crippen LogP contribution in [0, 0.1) is 0 Å². The van der Waals surface area contributed by atoms with Gasteiger partial charge in [0.2, 0.25) is 0 Å². The third-order valence-electron chi connectivity index (χ3n) is 3.39. The lowest BCUT2D eigenvalue weighted by Crippen LogP contribution is -2.54. The van der Waals surface area contributed by atoms with Gasteiger partial charge in [0.15, 0.2) is 0 Å². The number of aliphatic hydroxyl groups is 1. The fraction of sp³-hybridized carbons (Fsp3) is 0.583. The number of aliphatic hydroxyl groups excluding tert-OH is 1. The average molecular weight is 241 g/mol. The minimum Gasteiger partial charge on any atom is -0.394 e. The van der Waals surface area contributed by atoms with Crippen molar-refractivity contribution >= 4 is 11.6 Å². The predicted molar refractivity (Wildman–Crippen MR) is 64.5 cm³/mol. The number of aromatic nitrogens is 1. The summed E-state index contributed by atoms with van der Waals surface area (Å²) in [5.41, 5.74) is 0.891. The van der Waals surface area contributed by atoms with E-state index in [0.29, 0.717) is 5.15 Å². The quantitative estimate of drug-likeness (QED) is 0.794. The van der Waals surface area contributed by atoms with Crippen LogP contribution in [-0.2, 0) is 0 Å². The van der Waals surface area contributed by atoms with Crippen molar-refractivity contribution in [2.45, 2.75) is 37.8 Å². The molecule has 1 heterocycles. The Balaban J connectivity index is 2.08. The van der Waals surface area contributed by atoms with Crippen LogP contribution in [0.1, 0.15) is 37.8 Å². The van der Waals surface area contributed by atoms with Crippen molar-refractivity contribution in [3.8, 4) is 0 Å². The molecule has 0 spiro atoms. The van der Waals surface area contributed by atoms with Gasteiger partial charge in [-0.05, 0) is 32.3 Å². The lowest BCUT2D eigenvalue weighted by atomic mass is 9.76. The minimum absolute atomic E-state index is 0.0986. The number of pyridine rings is 1. The second kappa shape index (κ2) is 4.70. The van der Waals surface area contributed by atoms with Crippen LogP contribution in [0.3, 0.4) is 0 Å². The van der Waals surface area contributed by atoms with Crippen LogP contribution in [0.5, 0.6) is 0 Å². The van der Waals surface area contributed by atoms with Gasteiger partial charge >= 0.3 is 0 Å². The van der Waals surface area contributed by atoms with E-state index in [1.807, 2.05) is 12.1 Å². The van der Waals surface area contributed by atoms with E-state index >= 15 is 0 Å². The van der Waals surface area contributed by atoms with Gasteiger partial charge in [0, 0.05) is 23.3 Å². The van der Waals surface area contributed by atoms with Crippen LogP contribution in [0.15, 0.2) is 18.3 Å². The predicted octanol–water partition coefficient (Wildman–Crippen LogP) is 2.30. The van der Waals surface area contributed by atoms with Gasteiger partial charge in [-0.25, -0.2) is 4.98 Å². The summed E-state index contributed by atoms with van der Waals surface area (Å²) in [5, 5.41) is 13.4. The number of rotatable bonds is 4. The van der Waals surface area contributed by atoms with Crippen LogP contribution >= 0.6 is 11.6 Å². The first-order chi connectivity index (χ1) is 7.67. The molecule has 1 unspecified atom stereocenters. The highest BCUT2D eigenvalue weighted by molar-refractivity contribution is 6.30. The average Bonchev–Trinajstić information content (AvgIpc) is 2.24. The molecule has 1 aliphatic rings. The second-order valence-electron chi connectivity index (χ2n) is 4.54. The van der Waals surface area contributed by atoms with Crippen molar-refractivity contribution < 1.29 is 5.11 Å². The molecular formula is C12H17ClN2O. The van der Waals surface area contributed by atoms with E-state index in [-0.39, 0.29) is 18.2 Å². The molecule has 16 heavy (non-hydrogen) atoms. The summed E-state index contributed by atoms with van der Waals surface area (Å²) in [6, 6.07) is 3.97. The SMILES string of the molecule is CC(NC1(CO)CCC1)c1cccnc1Cl. The van der Waals surface area contributed by atoms with Crippen LogP contribution in [0.2, 0.25) is 5.15 Å². The van der Waals surface area contributed by atoms with Gasteiger partial charge < -0.3 is 10.4 Å². The number of nitrogens with zero attached hydrogens (tertiary/aromatic N) is 1. The molecule has 0 saturated heterocycles. The molecule has 88 valence electrons. The van der Waals surface area contributed by atoms with Gasteiger partial charge in [-0.1, -0.05) is 17.7 Å². The maximum absolute atomic E-state index is 9.39. The van der Waals surface area contributed by atoms with E-state index in [0.717, 1.165) is 18.4 Å². The maximum atomic E-state index is 9.39. The van der Waals surface area contributed by atoms with E-state index in [1.165, 1.54) is 6.42 Å². The maximum Gasteiger partial charge on any atom is 0.133 e. The molecule has 1 aliphatic carbocycles. The lowest BCUT2D eigenvalue weighted by Gasteiger charge is -2.43. The van der Waals surface area contributed by atoms with E-state index < -0.39 is 0 Å².